The van der Waals surface area contributed by atoms with Crippen molar-refractivity contribution in [2.75, 3.05) is 26.2 Å². The normalized spacial score (nSPS) is 21.0. The highest BCUT2D eigenvalue weighted by Gasteiger charge is 2.61. The molecule has 0 amide bonds. The highest BCUT2D eigenvalue weighted by Crippen LogP contribution is 2.59. The Hall–Kier alpha value is -1.84. The van der Waals surface area contributed by atoms with Crippen LogP contribution >= 0.6 is 12.4 Å². The van der Waals surface area contributed by atoms with Gasteiger partial charge in [0.25, 0.3) is 0 Å². The summed E-state index contributed by atoms with van der Waals surface area (Å²) < 4.78 is 5.65. The van der Waals surface area contributed by atoms with Gasteiger partial charge >= 0.3 is 5.97 Å². The molecule has 1 heterocycles. The predicted octanol–water partition coefficient (Wildman–Crippen LogP) is 4.05. The van der Waals surface area contributed by atoms with Crippen LogP contribution in [-0.2, 0) is 14.9 Å². The smallest absolute Gasteiger partial charge is 0.310 e. The Bertz CT molecular complexity index is 674. The third kappa shape index (κ3) is 3.65. The summed E-state index contributed by atoms with van der Waals surface area (Å²) in [7, 11) is 0. The van der Waals surface area contributed by atoms with E-state index in [1.54, 1.807) is 0 Å². The third-order valence-electron chi connectivity index (χ3n) is 5.67. The molecule has 0 radical (unpaired) electrons. The number of carbonyl (C=O) groups excluding carboxylic acids is 1. The second-order valence-corrected chi connectivity index (χ2v) is 7.18. The standard InChI is InChI=1S/C22H25NO2.ClH/c24-21(25-16-15-23-13-7-8-14-23)20-17-22(20,18-9-3-1-4-10-18)19-11-5-2-6-12-19;/h1-6,9-12,20H,7-8,13-17H2;1H. The first-order valence-electron chi connectivity index (χ1n) is 9.31. The van der Waals surface area contributed by atoms with Crippen LogP contribution in [0.25, 0.3) is 0 Å². The fourth-order valence-electron chi connectivity index (χ4n) is 4.21. The topological polar surface area (TPSA) is 29.5 Å². The molecule has 4 rings (SSSR count). The summed E-state index contributed by atoms with van der Waals surface area (Å²) in [6, 6.07) is 20.8. The third-order valence-corrected chi connectivity index (χ3v) is 5.67. The number of ether oxygens (including phenoxy) is 1. The Kier molecular flexibility index (Phi) is 6.00. The number of halogens is 1. The molecule has 0 spiro atoms. The zero-order valence-corrected chi connectivity index (χ0v) is 15.8. The predicted molar refractivity (Wildman–Crippen MR) is 106 cm³/mol. The van der Waals surface area contributed by atoms with Gasteiger partial charge in [-0.2, -0.15) is 0 Å². The molecule has 2 aromatic rings. The van der Waals surface area contributed by atoms with Gasteiger partial charge in [0.1, 0.15) is 6.61 Å². The van der Waals surface area contributed by atoms with E-state index in [4.69, 9.17) is 4.74 Å². The van der Waals surface area contributed by atoms with Crippen molar-refractivity contribution in [2.24, 2.45) is 5.92 Å². The first kappa shape index (κ1) is 18.9. The Morgan fingerprint density at radius 3 is 2.04 bits per heavy atom. The van der Waals surface area contributed by atoms with E-state index < -0.39 is 0 Å². The van der Waals surface area contributed by atoms with E-state index in [1.807, 2.05) is 36.4 Å². The second-order valence-electron chi connectivity index (χ2n) is 7.18. The van der Waals surface area contributed by atoms with Crippen molar-refractivity contribution >= 4 is 18.4 Å². The van der Waals surface area contributed by atoms with Gasteiger partial charge in [-0.05, 0) is 43.5 Å². The Labute approximate surface area is 161 Å². The van der Waals surface area contributed by atoms with E-state index in [-0.39, 0.29) is 29.7 Å². The first-order chi connectivity index (χ1) is 12.3. The fraction of sp³-hybridized carbons (Fsp3) is 0.409. The van der Waals surface area contributed by atoms with Gasteiger partial charge in [-0.1, -0.05) is 60.7 Å². The summed E-state index contributed by atoms with van der Waals surface area (Å²) in [4.78, 5) is 15.1. The number of hydrogen-bond acceptors (Lipinski definition) is 3. The first-order valence-corrected chi connectivity index (χ1v) is 9.31. The van der Waals surface area contributed by atoms with Crippen molar-refractivity contribution in [3.63, 3.8) is 0 Å². The maximum Gasteiger partial charge on any atom is 0.310 e. The lowest BCUT2D eigenvalue weighted by molar-refractivity contribution is -0.146. The summed E-state index contributed by atoms with van der Waals surface area (Å²) in [6.07, 6.45) is 3.37. The molecular weight excluding hydrogens is 346 g/mol. The van der Waals surface area contributed by atoms with Crippen LogP contribution in [0.1, 0.15) is 30.4 Å². The van der Waals surface area contributed by atoms with Crippen LogP contribution < -0.4 is 0 Å². The number of likely N-dealkylation sites (tertiary alicyclic amines) is 1. The second kappa shape index (κ2) is 8.24. The molecule has 1 saturated carbocycles. The molecule has 3 nitrogen and oxygen atoms in total. The summed E-state index contributed by atoms with van der Waals surface area (Å²) in [6.45, 7) is 3.65. The van der Waals surface area contributed by atoms with Gasteiger partial charge in [0, 0.05) is 12.0 Å². The number of carbonyl (C=O) groups is 1. The molecule has 2 fully saturated rings. The molecule has 138 valence electrons. The maximum absolute atomic E-state index is 12.7. The van der Waals surface area contributed by atoms with E-state index in [9.17, 15) is 4.79 Å². The lowest BCUT2D eigenvalue weighted by atomic mass is 9.86. The van der Waals surface area contributed by atoms with Crippen molar-refractivity contribution < 1.29 is 9.53 Å². The maximum atomic E-state index is 12.7. The molecular formula is C22H26ClNO2. The Balaban J connectivity index is 0.00000196. The molecule has 0 aromatic heterocycles. The molecule has 1 aliphatic carbocycles. The minimum absolute atomic E-state index is 0. The molecule has 1 saturated heterocycles. The van der Waals surface area contributed by atoms with Gasteiger partial charge in [0.05, 0.1) is 5.92 Å². The molecule has 0 bridgehead atoms. The van der Waals surface area contributed by atoms with Gasteiger partial charge in [-0.3, -0.25) is 9.69 Å². The van der Waals surface area contributed by atoms with Crippen LogP contribution in [0.5, 0.6) is 0 Å². The van der Waals surface area contributed by atoms with Crippen molar-refractivity contribution in [1.29, 1.82) is 0 Å². The van der Waals surface area contributed by atoms with Crippen LogP contribution in [0.4, 0.5) is 0 Å². The molecule has 4 heteroatoms. The number of hydrogen-bond donors (Lipinski definition) is 0. The monoisotopic (exact) mass is 371 g/mol. The quantitative estimate of drug-likeness (QED) is 0.717. The Morgan fingerprint density at radius 2 is 1.50 bits per heavy atom. The summed E-state index contributed by atoms with van der Waals surface area (Å²) in [5.74, 6) is -0.122. The average molecular weight is 372 g/mol. The molecule has 2 aliphatic rings. The van der Waals surface area contributed by atoms with Crippen LogP contribution in [0.3, 0.4) is 0 Å². The van der Waals surface area contributed by atoms with Gasteiger partial charge in [-0.15, -0.1) is 12.4 Å². The van der Waals surface area contributed by atoms with E-state index in [0.29, 0.717) is 6.61 Å². The minimum Gasteiger partial charge on any atom is -0.464 e. The lowest BCUT2D eigenvalue weighted by Crippen LogP contribution is -2.26. The van der Waals surface area contributed by atoms with Crippen molar-refractivity contribution in [3.8, 4) is 0 Å². The van der Waals surface area contributed by atoms with Crippen molar-refractivity contribution in [1.82, 2.24) is 4.90 Å². The van der Waals surface area contributed by atoms with Crippen molar-refractivity contribution in [3.05, 3.63) is 71.8 Å². The summed E-state index contributed by atoms with van der Waals surface area (Å²) >= 11 is 0. The lowest BCUT2D eigenvalue weighted by Gasteiger charge is -2.19. The minimum atomic E-state index is -0.215. The van der Waals surface area contributed by atoms with Crippen molar-refractivity contribution in [2.45, 2.75) is 24.7 Å². The van der Waals surface area contributed by atoms with E-state index in [1.165, 1.54) is 24.0 Å². The SMILES string of the molecule is Cl.O=C(OCCN1CCCC1)C1CC1(c1ccccc1)c1ccccc1. The van der Waals surface area contributed by atoms with E-state index in [0.717, 1.165) is 26.1 Å². The average Bonchev–Trinajstić information content (AvgIpc) is 3.23. The van der Waals surface area contributed by atoms with Crippen LogP contribution in [0.2, 0.25) is 0 Å². The number of nitrogens with zero attached hydrogens (tertiary/aromatic N) is 1. The van der Waals surface area contributed by atoms with Gasteiger partial charge < -0.3 is 4.74 Å². The summed E-state index contributed by atoms with van der Waals surface area (Å²) in [5, 5.41) is 0. The Morgan fingerprint density at radius 1 is 0.962 bits per heavy atom. The fourth-order valence-corrected chi connectivity index (χ4v) is 4.21. The number of rotatable bonds is 6. The van der Waals surface area contributed by atoms with E-state index >= 15 is 0 Å². The van der Waals surface area contributed by atoms with Crippen LogP contribution in [-0.4, -0.2) is 37.1 Å². The number of esters is 1. The molecule has 1 aliphatic heterocycles. The van der Waals surface area contributed by atoms with Gasteiger partial charge in [-0.25, -0.2) is 0 Å². The zero-order valence-electron chi connectivity index (χ0n) is 15.0. The highest BCUT2D eigenvalue weighted by atomic mass is 35.5. The van der Waals surface area contributed by atoms with Crippen LogP contribution in [0.15, 0.2) is 60.7 Å². The van der Waals surface area contributed by atoms with Gasteiger partial charge in [0.2, 0.25) is 0 Å². The highest BCUT2D eigenvalue weighted by molar-refractivity contribution is 5.85. The molecule has 2 aromatic carbocycles. The van der Waals surface area contributed by atoms with Gasteiger partial charge in [0.15, 0.2) is 0 Å². The molecule has 1 atom stereocenters. The molecule has 0 N–H and O–H groups in total. The summed E-state index contributed by atoms with van der Waals surface area (Å²) in [5.41, 5.74) is 2.21. The van der Waals surface area contributed by atoms with E-state index in [2.05, 4.69) is 29.2 Å². The number of benzene rings is 2. The zero-order chi connectivity index (χ0) is 17.1. The molecule has 26 heavy (non-hydrogen) atoms. The largest absolute Gasteiger partial charge is 0.464 e. The van der Waals surface area contributed by atoms with Crippen LogP contribution in [0, 0.1) is 5.92 Å². The molecule has 1 unspecified atom stereocenters.